The fourth-order valence-corrected chi connectivity index (χ4v) is 3.34. The van der Waals surface area contributed by atoms with E-state index in [1.807, 2.05) is 48.5 Å². The third-order valence-corrected chi connectivity index (χ3v) is 5.06. The van der Waals surface area contributed by atoms with Gasteiger partial charge in [-0.05, 0) is 40.8 Å². The highest BCUT2D eigenvalue weighted by Crippen LogP contribution is 2.23. The number of nitrogens with one attached hydrogen (secondary N) is 1. The van der Waals surface area contributed by atoms with E-state index in [0.29, 0.717) is 22.1 Å². The van der Waals surface area contributed by atoms with Crippen LogP contribution in [-0.4, -0.2) is 16.1 Å². The molecule has 6 heteroatoms. The number of nitrogens with zero attached hydrogens (tertiary/aromatic N) is 2. The van der Waals surface area contributed by atoms with Gasteiger partial charge in [0, 0.05) is 17.0 Å². The Balaban J connectivity index is 1.65. The molecule has 2 aromatic carbocycles. The van der Waals surface area contributed by atoms with Crippen LogP contribution >= 0.6 is 22.9 Å². The lowest BCUT2D eigenvalue weighted by atomic mass is 9.87. The molecule has 3 rings (SSSR count). The Bertz CT molecular complexity index is 896. The number of carbonyl (C=O) groups excluding carboxylic acids is 1. The van der Waals surface area contributed by atoms with Gasteiger partial charge in [-0.15, -0.1) is 10.2 Å². The van der Waals surface area contributed by atoms with Gasteiger partial charge in [-0.3, -0.25) is 10.1 Å². The third-order valence-electron chi connectivity index (χ3n) is 3.97. The summed E-state index contributed by atoms with van der Waals surface area (Å²) in [7, 11) is 0. The van der Waals surface area contributed by atoms with Crippen LogP contribution in [0, 0.1) is 0 Å². The number of aromatic nitrogens is 2. The molecule has 0 saturated heterocycles. The molecule has 3 aromatic rings. The van der Waals surface area contributed by atoms with Crippen LogP contribution in [0.1, 0.15) is 47.3 Å². The Morgan fingerprint density at radius 1 is 1.04 bits per heavy atom. The summed E-state index contributed by atoms with van der Waals surface area (Å²) in [6, 6.07) is 15.3. The van der Waals surface area contributed by atoms with Crippen LogP contribution in [-0.2, 0) is 11.8 Å². The maximum absolute atomic E-state index is 12.4. The van der Waals surface area contributed by atoms with Crippen LogP contribution in [0.2, 0.25) is 5.02 Å². The van der Waals surface area contributed by atoms with Crippen LogP contribution in [0.4, 0.5) is 5.13 Å². The van der Waals surface area contributed by atoms with Crippen molar-refractivity contribution in [2.75, 3.05) is 5.32 Å². The summed E-state index contributed by atoms with van der Waals surface area (Å²) in [4.78, 5) is 12.4. The van der Waals surface area contributed by atoms with Crippen molar-refractivity contribution in [2.45, 2.75) is 32.6 Å². The van der Waals surface area contributed by atoms with E-state index >= 15 is 0 Å². The highest BCUT2D eigenvalue weighted by Gasteiger charge is 2.15. The van der Waals surface area contributed by atoms with Crippen molar-refractivity contribution in [3.63, 3.8) is 0 Å². The maximum Gasteiger partial charge on any atom is 0.257 e. The summed E-state index contributed by atoms with van der Waals surface area (Å²) in [6.07, 6.45) is 0.658. The van der Waals surface area contributed by atoms with Gasteiger partial charge in [0.15, 0.2) is 0 Å². The molecule has 0 unspecified atom stereocenters. The highest BCUT2D eigenvalue weighted by molar-refractivity contribution is 7.15. The first-order chi connectivity index (χ1) is 12.3. The molecule has 1 amide bonds. The van der Waals surface area contributed by atoms with Crippen molar-refractivity contribution in [2.24, 2.45) is 0 Å². The predicted octanol–water partition coefficient (Wildman–Crippen LogP) is 5.33. The van der Waals surface area contributed by atoms with Gasteiger partial charge >= 0.3 is 0 Å². The lowest BCUT2D eigenvalue weighted by molar-refractivity contribution is 0.102. The van der Waals surface area contributed by atoms with Crippen LogP contribution in [0.3, 0.4) is 0 Å². The van der Waals surface area contributed by atoms with Crippen LogP contribution in [0.15, 0.2) is 48.5 Å². The molecule has 26 heavy (non-hydrogen) atoms. The molecule has 0 radical (unpaired) electrons. The number of halogens is 1. The molecule has 1 aromatic heterocycles. The summed E-state index contributed by atoms with van der Waals surface area (Å²) in [5, 5.41) is 13.1. The van der Waals surface area contributed by atoms with E-state index in [1.54, 1.807) is 0 Å². The first-order valence-electron chi connectivity index (χ1n) is 8.30. The lowest BCUT2D eigenvalue weighted by Gasteiger charge is -2.18. The Kier molecular flexibility index (Phi) is 5.39. The fourth-order valence-electron chi connectivity index (χ4n) is 2.44. The molecule has 0 bridgehead atoms. The first kappa shape index (κ1) is 18.5. The van der Waals surface area contributed by atoms with E-state index in [9.17, 15) is 4.79 Å². The van der Waals surface area contributed by atoms with Crippen molar-refractivity contribution >= 4 is 34.0 Å². The zero-order valence-corrected chi connectivity index (χ0v) is 16.5. The van der Waals surface area contributed by atoms with Crippen LogP contribution < -0.4 is 5.32 Å². The zero-order chi connectivity index (χ0) is 18.7. The number of rotatable bonds is 4. The van der Waals surface area contributed by atoms with Crippen LogP contribution in [0.5, 0.6) is 0 Å². The molecule has 1 N–H and O–H groups in total. The van der Waals surface area contributed by atoms with E-state index in [-0.39, 0.29) is 11.3 Å². The second-order valence-corrected chi connectivity index (χ2v) is 8.58. The van der Waals surface area contributed by atoms with E-state index in [0.717, 1.165) is 10.6 Å². The SMILES string of the molecule is CC(C)(C)c1ccc(C(=O)Nc2nnc(Cc3ccc(Cl)cc3)s2)cc1. The minimum absolute atomic E-state index is 0.0603. The molecule has 4 nitrogen and oxygen atoms in total. The molecule has 0 saturated carbocycles. The molecule has 0 spiro atoms. The molecule has 0 aliphatic heterocycles. The lowest BCUT2D eigenvalue weighted by Crippen LogP contribution is -2.14. The topological polar surface area (TPSA) is 54.9 Å². The Labute approximate surface area is 162 Å². The Morgan fingerprint density at radius 3 is 2.31 bits per heavy atom. The minimum atomic E-state index is -0.181. The number of hydrogen-bond donors (Lipinski definition) is 1. The average Bonchev–Trinajstić information content (AvgIpc) is 3.03. The molecular weight excluding hydrogens is 366 g/mol. The molecular formula is C20H20ClN3OS. The van der Waals surface area contributed by atoms with Crippen molar-refractivity contribution < 1.29 is 4.79 Å². The molecule has 0 fully saturated rings. The number of hydrogen-bond acceptors (Lipinski definition) is 4. The van der Waals surface area contributed by atoms with Gasteiger partial charge in [0.1, 0.15) is 5.01 Å². The summed E-state index contributed by atoms with van der Waals surface area (Å²) in [5.74, 6) is -0.181. The third kappa shape index (κ3) is 4.68. The molecule has 134 valence electrons. The maximum atomic E-state index is 12.4. The number of carbonyl (C=O) groups is 1. The standard InChI is InChI=1S/C20H20ClN3OS/c1-20(2,3)15-8-6-14(7-9-15)18(25)22-19-24-23-17(26-19)12-13-4-10-16(21)11-5-13/h4-11H,12H2,1-3H3,(H,22,24,25). The highest BCUT2D eigenvalue weighted by atomic mass is 35.5. The summed E-state index contributed by atoms with van der Waals surface area (Å²) in [6.45, 7) is 6.43. The molecule has 0 aliphatic rings. The fraction of sp³-hybridized carbons (Fsp3) is 0.250. The van der Waals surface area contributed by atoms with Gasteiger partial charge in [-0.25, -0.2) is 0 Å². The van der Waals surface area contributed by atoms with Crippen LogP contribution in [0.25, 0.3) is 0 Å². The number of benzene rings is 2. The van der Waals surface area contributed by atoms with Crippen molar-refractivity contribution in [3.05, 3.63) is 75.3 Å². The quantitative estimate of drug-likeness (QED) is 0.660. The molecule has 1 heterocycles. The van der Waals surface area contributed by atoms with E-state index in [2.05, 4.69) is 36.3 Å². The first-order valence-corrected chi connectivity index (χ1v) is 9.49. The zero-order valence-electron chi connectivity index (χ0n) is 14.9. The number of anilines is 1. The van der Waals surface area contributed by atoms with Gasteiger partial charge in [0.25, 0.3) is 5.91 Å². The predicted molar refractivity (Wildman–Crippen MR) is 107 cm³/mol. The van der Waals surface area contributed by atoms with Gasteiger partial charge in [0.2, 0.25) is 5.13 Å². The monoisotopic (exact) mass is 385 g/mol. The van der Waals surface area contributed by atoms with Crippen molar-refractivity contribution in [1.29, 1.82) is 0 Å². The Hall–Kier alpha value is -2.24. The minimum Gasteiger partial charge on any atom is -0.296 e. The Morgan fingerprint density at radius 2 is 1.69 bits per heavy atom. The van der Waals surface area contributed by atoms with E-state index in [4.69, 9.17) is 11.6 Å². The van der Waals surface area contributed by atoms with Gasteiger partial charge in [-0.2, -0.15) is 0 Å². The average molecular weight is 386 g/mol. The molecule has 0 aliphatic carbocycles. The van der Waals surface area contributed by atoms with Gasteiger partial charge in [-0.1, -0.05) is 68.0 Å². The smallest absolute Gasteiger partial charge is 0.257 e. The second-order valence-electron chi connectivity index (χ2n) is 7.09. The summed E-state index contributed by atoms with van der Waals surface area (Å²) >= 11 is 7.27. The van der Waals surface area contributed by atoms with Gasteiger partial charge < -0.3 is 0 Å². The molecule has 0 atom stereocenters. The largest absolute Gasteiger partial charge is 0.296 e. The van der Waals surface area contributed by atoms with E-state index in [1.165, 1.54) is 16.9 Å². The van der Waals surface area contributed by atoms with Gasteiger partial charge in [0.05, 0.1) is 0 Å². The summed E-state index contributed by atoms with van der Waals surface area (Å²) < 4.78 is 0. The second kappa shape index (κ2) is 7.56. The van der Waals surface area contributed by atoms with E-state index < -0.39 is 0 Å². The summed E-state index contributed by atoms with van der Waals surface area (Å²) in [5.41, 5.74) is 2.95. The van der Waals surface area contributed by atoms with Crippen molar-refractivity contribution in [1.82, 2.24) is 10.2 Å². The van der Waals surface area contributed by atoms with Crippen molar-refractivity contribution in [3.8, 4) is 0 Å². The number of amides is 1. The normalized spacial score (nSPS) is 11.4.